The Kier molecular flexibility index (Phi) is 8.04. The quantitative estimate of drug-likeness (QED) is 0.225. The number of nitrogens with zero attached hydrogens (tertiary/aromatic N) is 5. The Bertz CT molecular complexity index is 1970. The predicted molar refractivity (Wildman–Crippen MR) is 189 cm³/mol. The molecule has 2 bridgehead atoms. The first-order valence-electron chi connectivity index (χ1n) is 18.0. The van der Waals surface area contributed by atoms with Crippen molar-refractivity contribution in [3.05, 3.63) is 53.8 Å². The number of aryl methyl sites for hydroxylation is 1. The predicted octanol–water partition coefficient (Wildman–Crippen LogP) is 7.40. The first kappa shape index (κ1) is 32.9. The highest BCUT2D eigenvalue weighted by molar-refractivity contribution is 6.02. The average molecular weight is 686 g/mol. The van der Waals surface area contributed by atoms with Crippen LogP contribution < -0.4 is 9.64 Å². The highest BCUT2D eigenvalue weighted by Gasteiger charge is 2.50. The molecule has 9 nitrogen and oxygen atoms in total. The number of benzene rings is 3. The van der Waals surface area contributed by atoms with Crippen LogP contribution in [0.1, 0.15) is 65.4 Å². The Hall–Kier alpha value is -4.25. The summed E-state index contributed by atoms with van der Waals surface area (Å²) < 4.78 is 44.1. The van der Waals surface area contributed by atoms with Crippen LogP contribution >= 0.6 is 0 Å². The highest BCUT2D eigenvalue weighted by Crippen LogP contribution is 2.44. The van der Waals surface area contributed by atoms with Gasteiger partial charge in [-0.25, -0.2) is 13.6 Å². The fraction of sp³-hybridized carbons (Fsp3) is 0.513. The second-order valence-electron chi connectivity index (χ2n) is 15.6. The number of carbonyl (C=O) groups is 1. The van der Waals surface area contributed by atoms with Gasteiger partial charge in [-0.2, -0.15) is 9.97 Å². The molecule has 4 aliphatic rings. The number of amides is 1. The summed E-state index contributed by atoms with van der Waals surface area (Å²) in [5.74, 6) is 0.0978. The number of ether oxygens (including phenoxy) is 2. The van der Waals surface area contributed by atoms with E-state index in [0.29, 0.717) is 54.8 Å². The summed E-state index contributed by atoms with van der Waals surface area (Å²) in [6, 6.07) is 12.8. The number of phenols is 1. The number of anilines is 1. The van der Waals surface area contributed by atoms with E-state index in [2.05, 4.69) is 9.80 Å². The zero-order chi connectivity index (χ0) is 34.9. The molecule has 11 heteroatoms. The van der Waals surface area contributed by atoms with Gasteiger partial charge in [-0.3, -0.25) is 9.80 Å². The monoisotopic (exact) mass is 685 g/mol. The molecule has 4 atom stereocenters. The van der Waals surface area contributed by atoms with Crippen LogP contribution in [-0.2, 0) is 11.2 Å². The number of carbonyl (C=O) groups excluding carboxylic acids is 1. The largest absolute Gasteiger partial charge is 0.508 e. The first-order chi connectivity index (χ1) is 23.9. The minimum Gasteiger partial charge on any atom is -0.508 e. The normalized spacial score (nSPS) is 25.1. The maximum Gasteiger partial charge on any atom is 0.410 e. The Balaban J connectivity index is 1.24. The van der Waals surface area contributed by atoms with Gasteiger partial charge < -0.3 is 19.5 Å². The third-order valence-electron chi connectivity index (χ3n) is 11.1. The van der Waals surface area contributed by atoms with Gasteiger partial charge in [0.15, 0.2) is 5.82 Å². The molecule has 0 radical (unpaired) electrons. The number of halogens is 2. The molecule has 8 rings (SSSR count). The van der Waals surface area contributed by atoms with Gasteiger partial charge in [-0.05, 0) is 99.5 Å². The van der Waals surface area contributed by atoms with Crippen LogP contribution in [0.15, 0.2) is 42.5 Å². The molecule has 0 aliphatic carbocycles. The van der Waals surface area contributed by atoms with E-state index in [0.717, 1.165) is 48.6 Å². The molecule has 0 spiro atoms. The van der Waals surface area contributed by atoms with E-state index in [1.165, 1.54) is 0 Å². The second-order valence-corrected chi connectivity index (χ2v) is 15.6. The lowest BCUT2D eigenvalue weighted by molar-refractivity contribution is 0.0122. The van der Waals surface area contributed by atoms with Crippen molar-refractivity contribution in [1.82, 2.24) is 19.8 Å². The maximum atomic E-state index is 17.3. The van der Waals surface area contributed by atoms with Crippen LogP contribution in [0.25, 0.3) is 32.8 Å². The number of aromatic nitrogens is 2. The lowest BCUT2D eigenvalue weighted by Crippen LogP contribution is -2.57. The summed E-state index contributed by atoms with van der Waals surface area (Å²) in [6.45, 7) is 10.0. The molecule has 1 amide bonds. The summed E-state index contributed by atoms with van der Waals surface area (Å²) in [6.07, 6.45) is 3.17. The van der Waals surface area contributed by atoms with E-state index >= 15 is 4.39 Å². The minimum atomic E-state index is -0.909. The molecule has 0 saturated carbocycles. The minimum absolute atomic E-state index is 0.0489. The van der Waals surface area contributed by atoms with Crippen LogP contribution in [0.5, 0.6) is 11.8 Å². The molecule has 4 saturated heterocycles. The fourth-order valence-corrected chi connectivity index (χ4v) is 8.96. The summed E-state index contributed by atoms with van der Waals surface area (Å²) in [4.78, 5) is 29.1. The van der Waals surface area contributed by atoms with Crippen molar-refractivity contribution in [2.75, 3.05) is 37.7 Å². The summed E-state index contributed by atoms with van der Waals surface area (Å²) in [5.41, 5.74) is 0.831. The Morgan fingerprint density at radius 2 is 1.82 bits per heavy atom. The van der Waals surface area contributed by atoms with Crippen molar-refractivity contribution in [1.29, 1.82) is 0 Å². The van der Waals surface area contributed by atoms with Crippen LogP contribution in [-0.4, -0.2) is 93.1 Å². The van der Waals surface area contributed by atoms with E-state index in [1.54, 1.807) is 12.1 Å². The number of aromatic hydroxyl groups is 1. The molecule has 1 N–H and O–H groups in total. The van der Waals surface area contributed by atoms with Crippen LogP contribution in [0.2, 0.25) is 0 Å². The Labute approximate surface area is 291 Å². The number of rotatable bonds is 6. The molecule has 4 aliphatic heterocycles. The van der Waals surface area contributed by atoms with Crippen molar-refractivity contribution in [2.45, 2.75) is 95.6 Å². The molecule has 1 aromatic heterocycles. The summed E-state index contributed by atoms with van der Waals surface area (Å²) >= 11 is 0. The lowest BCUT2D eigenvalue weighted by atomic mass is 9.91. The molecule has 3 aromatic carbocycles. The molecule has 5 heterocycles. The van der Waals surface area contributed by atoms with E-state index < -0.39 is 23.1 Å². The number of hydrogen-bond donors (Lipinski definition) is 1. The fourth-order valence-electron chi connectivity index (χ4n) is 8.96. The number of alkyl halides is 1. The third-order valence-corrected chi connectivity index (χ3v) is 11.1. The van der Waals surface area contributed by atoms with Crippen molar-refractivity contribution in [3.8, 4) is 22.9 Å². The summed E-state index contributed by atoms with van der Waals surface area (Å²) in [5, 5.41) is 12.9. The van der Waals surface area contributed by atoms with Crippen molar-refractivity contribution >= 4 is 33.6 Å². The van der Waals surface area contributed by atoms with Crippen molar-refractivity contribution in [2.24, 2.45) is 0 Å². The topological polar surface area (TPSA) is 91.3 Å². The number of hydrogen-bond acceptors (Lipinski definition) is 8. The molecular formula is C39H45F2N5O4. The van der Waals surface area contributed by atoms with Gasteiger partial charge >= 0.3 is 12.1 Å². The zero-order valence-electron chi connectivity index (χ0n) is 29.2. The van der Waals surface area contributed by atoms with E-state index in [1.807, 2.05) is 62.9 Å². The lowest BCUT2D eigenvalue weighted by Gasteiger charge is -2.42. The third kappa shape index (κ3) is 5.67. The van der Waals surface area contributed by atoms with Gasteiger partial charge in [0.05, 0.1) is 17.6 Å². The number of piperazine rings is 1. The molecule has 4 aromatic rings. The first-order valence-corrected chi connectivity index (χ1v) is 18.0. The number of fused-ring (bicyclic) bond motifs is 5. The maximum absolute atomic E-state index is 17.3. The Morgan fingerprint density at radius 3 is 2.56 bits per heavy atom. The van der Waals surface area contributed by atoms with Crippen LogP contribution in [0.4, 0.5) is 19.4 Å². The standard InChI is InChI=1S/C39H45F2N5O4/c1-5-23-16-31-34(33(41)32(23)30-17-28(47)15-24-9-6-7-10-29(24)30)42-36(49-22-39-13-8-14-45(39)19-25(40)18-39)43-35(31)44-20-26-11-12-27(21-44)46(26)37(48)50-38(2,3)4/h6-7,9-10,15-17,25-27,47H,5,8,11-14,18-22H2,1-4H3/t25-,26-,27+,39+/m1/s1. The molecule has 4 fully saturated rings. The van der Waals surface area contributed by atoms with Crippen LogP contribution in [0.3, 0.4) is 0 Å². The van der Waals surface area contributed by atoms with Gasteiger partial charge in [0.25, 0.3) is 0 Å². The van der Waals surface area contributed by atoms with E-state index in [4.69, 9.17) is 19.4 Å². The van der Waals surface area contributed by atoms with Crippen molar-refractivity contribution < 1.29 is 28.2 Å². The van der Waals surface area contributed by atoms with Gasteiger partial charge in [-0.1, -0.05) is 31.2 Å². The Morgan fingerprint density at radius 1 is 1.06 bits per heavy atom. The molecule has 264 valence electrons. The molecule has 0 unspecified atom stereocenters. The van der Waals surface area contributed by atoms with Gasteiger partial charge in [0.1, 0.15) is 35.5 Å². The van der Waals surface area contributed by atoms with E-state index in [-0.39, 0.29) is 42.1 Å². The number of phenolic OH excluding ortho intramolecular Hbond substituents is 1. The van der Waals surface area contributed by atoms with Gasteiger partial charge in [-0.15, -0.1) is 0 Å². The molecular weight excluding hydrogens is 640 g/mol. The summed E-state index contributed by atoms with van der Waals surface area (Å²) in [7, 11) is 0. The highest BCUT2D eigenvalue weighted by atomic mass is 19.1. The van der Waals surface area contributed by atoms with Crippen LogP contribution in [0, 0.1) is 5.82 Å². The SMILES string of the molecule is CCc1cc2c(N3C[C@H]4CC[C@@H](C3)N4C(=O)OC(C)(C)C)nc(OC[C@@]34CCCN3C[C@H](F)C4)nc2c(F)c1-c1cc(O)cc2ccccc12. The second kappa shape index (κ2) is 12.2. The molecule has 50 heavy (non-hydrogen) atoms. The average Bonchev–Trinajstić information content (AvgIpc) is 3.69. The smallest absolute Gasteiger partial charge is 0.410 e. The van der Waals surface area contributed by atoms with Gasteiger partial charge in [0.2, 0.25) is 0 Å². The van der Waals surface area contributed by atoms with Crippen molar-refractivity contribution in [3.63, 3.8) is 0 Å². The van der Waals surface area contributed by atoms with E-state index in [9.17, 15) is 14.3 Å². The van der Waals surface area contributed by atoms with Gasteiger partial charge in [0, 0.05) is 37.0 Å². The zero-order valence-corrected chi connectivity index (χ0v) is 29.2.